The molecular weight excluding hydrogens is 468 g/mol. The van der Waals surface area contributed by atoms with Gasteiger partial charge >= 0.3 is 0 Å². The summed E-state index contributed by atoms with van der Waals surface area (Å²) in [6.07, 6.45) is 6.84. The van der Waals surface area contributed by atoms with Crippen LogP contribution in [-0.2, 0) is 16.0 Å². The number of carbonyl (C=O) groups is 2. The van der Waals surface area contributed by atoms with E-state index in [1.54, 1.807) is 4.90 Å². The topological polar surface area (TPSA) is 58.6 Å². The molecule has 0 saturated heterocycles. The summed E-state index contributed by atoms with van der Waals surface area (Å²) in [5, 5.41) is 3.20. The van der Waals surface area contributed by atoms with Gasteiger partial charge in [0, 0.05) is 17.1 Å². The van der Waals surface area contributed by atoms with Gasteiger partial charge in [0.05, 0.1) is 0 Å². The number of benzene rings is 2. The summed E-state index contributed by atoms with van der Waals surface area (Å²) in [5.74, 6) is 0.406. The number of hydrogen-bond donors (Lipinski definition) is 1. The van der Waals surface area contributed by atoms with Gasteiger partial charge in [-0.05, 0) is 55.5 Å². The zero-order valence-electron chi connectivity index (χ0n) is 18.8. The van der Waals surface area contributed by atoms with Crippen LogP contribution in [0.1, 0.15) is 51.0 Å². The molecule has 0 heterocycles. The molecule has 0 aromatic heterocycles. The predicted octanol–water partition coefficient (Wildman–Crippen LogP) is 5.13. The highest BCUT2D eigenvalue weighted by Crippen LogP contribution is 2.19. The van der Waals surface area contributed by atoms with Crippen molar-refractivity contribution in [2.75, 3.05) is 13.2 Å². The highest BCUT2D eigenvalue weighted by molar-refractivity contribution is 9.10. The van der Waals surface area contributed by atoms with Crippen molar-refractivity contribution in [2.24, 2.45) is 0 Å². The molecule has 1 aliphatic rings. The first kappa shape index (κ1) is 24.3. The largest absolute Gasteiger partial charge is 0.484 e. The number of rotatable bonds is 10. The number of amides is 2. The van der Waals surface area contributed by atoms with Crippen LogP contribution in [0.3, 0.4) is 0 Å². The van der Waals surface area contributed by atoms with Gasteiger partial charge in [0.25, 0.3) is 5.91 Å². The fourth-order valence-electron chi connectivity index (χ4n) is 4.20. The second kappa shape index (κ2) is 12.6. The molecule has 0 bridgehead atoms. The summed E-state index contributed by atoms with van der Waals surface area (Å²) in [6.45, 7) is 2.34. The van der Waals surface area contributed by atoms with Crippen molar-refractivity contribution in [3.63, 3.8) is 0 Å². The minimum atomic E-state index is -0.498. The third-order valence-corrected chi connectivity index (χ3v) is 6.53. The summed E-state index contributed by atoms with van der Waals surface area (Å²) in [7, 11) is 0. The van der Waals surface area contributed by atoms with E-state index in [9.17, 15) is 9.59 Å². The number of ether oxygens (including phenoxy) is 1. The van der Waals surface area contributed by atoms with E-state index in [-0.39, 0.29) is 24.5 Å². The van der Waals surface area contributed by atoms with Crippen molar-refractivity contribution in [3.05, 3.63) is 64.6 Å². The maximum Gasteiger partial charge on any atom is 0.261 e. The Bertz CT molecular complexity index is 851. The predicted molar refractivity (Wildman–Crippen MR) is 131 cm³/mol. The Kier molecular flexibility index (Phi) is 9.60. The van der Waals surface area contributed by atoms with Crippen LogP contribution in [0.5, 0.6) is 5.75 Å². The fraction of sp³-hybridized carbons (Fsp3) is 0.462. The van der Waals surface area contributed by atoms with Gasteiger partial charge in [0.15, 0.2) is 6.61 Å². The average molecular weight is 501 g/mol. The first-order valence-corrected chi connectivity index (χ1v) is 12.4. The lowest BCUT2D eigenvalue weighted by molar-refractivity contribution is -0.142. The highest BCUT2D eigenvalue weighted by atomic mass is 79.9. The molecule has 5 nitrogen and oxygen atoms in total. The van der Waals surface area contributed by atoms with Gasteiger partial charge in [-0.3, -0.25) is 9.59 Å². The van der Waals surface area contributed by atoms with Crippen LogP contribution in [0.25, 0.3) is 0 Å². The summed E-state index contributed by atoms with van der Waals surface area (Å²) < 4.78 is 6.69. The molecule has 0 spiro atoms. The van der Waals surface area contributed by atoms with Gasteiger partial charge in [0.2, 0.25) is 5.91 Å². The first-order chi connectivity index (χ1) is 15.6. The summed E-state index contributed by atoms with van der Waals surface area (Å²) in [5.41, 5.74) is 1.14. The fourth-order valence-corrected chi connectivity index (χ4v) is 4.46. The van der Waals surface area contributed by atoms with Crippen molar-refractivity contribution in [1.82, 2.24) is 10.2 Å². The van der Waals surface area contributed by atoms with E-state index in [1.807, 2.05) is 61.5 Å². The van der Waals surface area contributed by atoms with Gasteiger partial charge in [-0.2, -0.15) is 0 Å². The standard InChI is InChI=1S/C26H33BrN2O3/c1-2-24(26(31)28-22-11-7-4-8-12-22)29(18-17-20-9-5-3-6-10-20)25(30)19-32-23-15-13-21(27)14-16-23/h3,5-6,9-10,13-16,22,24H,2,4,7-8,11-12,17-19H2,1H3,(H,28,31). The van der Waals surface area contributed by atoms with Crippen LogP contribution in [0.15, 0.2) is 59.1 Å². The number of carbonyl (C=O) groups excluding carboxylic acids is 2. The van der Waals surface area contributed by atoms with E-state index in [4.69, 9.17) is 4.74 Å². The molecule has 2 aromatic rings. The normalized spacial score (nSPS) is 15.1. The van der Waals surface area contributed by atoms with Crippen LogP contribution in [-0.4, -0.2) is 41.9 Å². The molecule has 32 heavy (non-hydrogen) atoms. The Morgan fingerprint density at radius 1 is 1.06 bits per heavy atom. The average Bonchev–Trinajstić information content (AvgIpc) is 2.82. The number of hydrogen-bond acceptors (Lipinski definition) is 3. The van der Waals surface area contributed by atoms with Crippen LogP contribution < -0.4 is 10.1 Å². The Balaban J connectivity index is 1.68. The molecule has 3 rings (SSSR count). The van der Waals surface area contributed by atoms with Crippen LogP contribution in [0.2, 0.25) is 0 Å². The molecule has 0 radical (unpaired) electrons. The van der Waals surface area contributed by atoms with Gasteiger partial charge in [-0.25, -0.2) is 0 Å². The maximum absolute atomic E-state index is 13.2. The molecule has 2 amide bonds. The lowest BCUT2D eigenvalue weighted by Crippen LogP contribution is -2.53. The molecule has 172 valence electrons. The summed E-state index contributed by atoms with van der Waals surface area (Å²) >= 11 is 3.40. The molecular formula is C26H33BrN2O3. The van der Waals surface area contributed by atoms with Crippen LogP contribution >= 0.6 is 15.9 Å². The third kappa shape index (κ3) is 7.37. The molecule has 1 aliphatic carbocycles. The molecule has 1 N–H and O–H groups in total. The van der Waals surface area contributed by atoms with Crippen molar-refractivity contribution < 1.29 is 14.3 Å². The minimum absolute atomic E-state index is 0.0514. The molecule has 1 fully saturated rings. The minimum Gasteiger partial charge on any atom is -0.484 e. The monoisotopic (exact) mass is 500 g/mol. The molecule has 1 atom stereocenters. The van der Waals surface area contributed by atoms with E-state index < -0.39 is 6.04 Å². The SMILES string of the molecule is CCC(C(=O)NC1CCCCC1)N(CCc1ccccc1)C(=O)COc1ccc(Br)cc1. The maximum atomic E-state index is 13.2. The van der Waals surface area contributed by atoms with Crippen molar-refractivity contribution in [1.29, 1.82) is 0 Å². The quantitative estimate of drug-likeness (QED) is 0.491. The van der Waals surface area contributed by atoms with Crippen LogP contribution in [0, 0.1) is 0 Å². The van der Waals surface area contributed by atoms with Gasteiger partial charge < -0.3 is 15.0 Å². The molecule has 6 heteroatoms. The lowest BCUT2D eigenvalue weighted by Gasteiger charge is -2.32. The van der Waals surface area contributed by atoms with Crippen LogP contribution in [0.4, 0.5) is 0 Å². The van der Waals surface area contributed by atoms with E-state index >= 15 is 0 Å². The van der Waals surface area contributed by atoms with Crippen molar-refractivity contribution in [3.8, 4) is 5.75 Å². The summed E-state index contributed by atoms with van der Waals surface area (Å²) in [6, 6.07) is 17.2. The zero-order chi connectivity index (χ0) is 22.8. The Morgan fingerprint density at radius 2 is 1.75 bits per heavy atom. The van der Waals surface area contributed by atoms with Gasteiger partial charge in [-0.15, -0.1) is 0 Å². The van der Waals surface area contributed by atoms with Crippen molar-refractivity contribution in [2.45, 2.75) is 64.0 Å². The second-order valence-electron chi connectivity index (χ2n) is 8.33. The molecule has 2 aromatic carbocycles. The highest BCUT2D eigenvalue weighted by Gasteiger charge is 2.30. The Labute approximate surface area is 199 Å². The zero-order valence-corrected chi connectivity index (χ0v) is 20.4. The van der Waals surface area contributed by atoms with Gasteiger partial charge in [-0.1, -0.05) is 72.4 Å². The number of nitrogens with one attached hydrogen (secondary N) is 1. The Morgan fingerprint density at radius 3 is 2.41 bits per heavy atom. The summed E-state index contributed by atoms with van der Waals surface area (Å²) in [4.78, 5) is 28.1. The van der Waals surface area contributed by atoms with E-state index in [2.05, 4.69) is 21.2 Å². The van der Waals surface area contributed by atoms with Gasteiger partial charge in [0.1, 0.15) is 11.8 Å². The number of halogens is 1. The van der Waals surface area contributed by atoms with E-state index in [1.165, 1.54) is 6.42 Å². The molecule has 0 aliphatic heterocycles. The Hall–Kier alpha value is -2.34. The molecule has 1 unspecified atom stereocenters. The molecule has 1 saturated carbocycles. The first-order valence-electron chi connectivity index (χ1n) is 11.6. The third-order valence-electron chi connectivity index (χ3n) is 6.00. The smallest absolute Gasteiger partial charge is 0.261 e. The number of nitrogens with zero attached hydrogens (tertiary/aromatic N) is 1. The van der Waals surface area contributed by atoms with E-state index in [0.717, 1.165) is 35.7 Å². The lowest BCUT2D eigenvalue weighted by atomic mass is 9.95. The van der Waals surface area contributed by atoms with E-state index in [0.29, 0.717) is 25.1 Å². The van der Waals surface area contributed by atoms with Crippen molar-refractivity contribution >= 4 is 27.7 Å². The second-order valence-corrected chi connectivity index (χ2v) is 9.25.